The minimum absolute atomic E-state index is 0.0670. The van der Waals surface area contributed by atoms with Gasteiger partial charge in [0.25, 0.3) is 0 Å². The highest BCUT2D eigenvalue weighted by atomic mass is 16.5. The van der Waals surface area contributed by atoms with Crippen LogP contribution in [0.5, 0.6) is 0 Å². The van der Waals surface area contributed by atoms with Crippen LogP contribution in [0.25, 0.3) is 0 Å². The fraction of sp³-hybridized carbons (Fsp3) is 1.00. The molecule has 2 fully saturated rings. The van der Waals surface area contributed by atoms with E-state index in [2.05, 4.69) is 44.8 Å². The standard InChI is InChI=1S/C17H34N2O2/c1-6-9-18-10-14-7-8-15(20-14)11-19-12-16(2,3)21-17(4,5)13-19/h14-15,18H,6-13H2,1-5H3. The highest BCUT2D eigenvalue weighted by Gasteiger charge is 2.39. The molecule has 2 heterocycles. The molecule has 2 rings (SSSR count). The largest absolute Gasteiger partial charge is 0.372 e. The van der Waals surface area contributed by atoms with Gasteiger partial charge in [0.1, 0.15) is 0 Å². The Morgan fingerprint density at radius 2 is 1.67 bits per heavy atom. The second kappa shape index (κ2) is 6.95. The highest BCUT2D eigenvalue weighted by molar-refractivity contribution is 4.90. The Morgan fingerprint density at radius 3 is 2.29 bits per heavy atom. The van der Waals surface area contributed by atoms with Crippen LogP contribution in [0.2, 0.25) is 0 Å². The summed E-state index contributed by atoms with van der Waals surface area (Å²) in [6.07, 6.45) is 4.37. The number of hydrogen-bond donors (Lipinski definition) is 1. The van der Waals surface area contributed by atoms with Gasteiger partial charge < -0.3 is 14.8 Å². The quantitative estimate of drug-likeness (QED) is 0.764. The Morgan fingerprint density at radius 1 is 1.05 bits per heavy atom. The van der Waals surface area contributed by atoms with Gasteiger partial charge in [-0.15, -0.1) is 0 Å². The zero-order chi connectivity index (χ0) is 15.5. The zero-order valence-corrected chi connectivity index (χ0v) is 14.6. The van der Waals surface area contributed by atoms with Gasteiger partial charge in [-0.1, -0.05) is 6.92 Å². The summed E-state index contributed by atoms with van der Waals surface area (Å²) in [6, 6.07) is 0. The molecular formula is C17H34N2O2. The first kappa shape index (κ1) is 17.2. The minimum atomic E-state index is -0.0670. The molecule has 0 saturated carbocycles. The summed E-state index contributed by atoms with van der Waals surface area (Å²) in [6.45, 7) is 16.1. The van der Waals surface area contributed by atoms with Crippen LogP contribution >= 0.6 is 0 Å². The number of morpholine rings is 1. The number of nitrogens with one attached hydrogen (secondary N) is 1. The van der Waals surface area contributed by atoms with E-state index < -0.39 is 0 Å². The molecule has 0 aromatic carbocycles. The smallest absolute Gasteiger partial charge is 0.0760 e. The van der Waals surface area contributed by atoms with Crippen molar-refractivity contribution in [2.75, 3.05) is 32.7 Å². The van der Waals surface area contributed by atoms with Crippen molar-refractivity contribution in [2.24, 2.45) is 0 Å². The lowest BCUT2D eigenvalue weighted by molar-refractivity contribution is -0.184. The fourth-order valence-electron chi connectivity index (χ4n) is 3.87. The van der Waals surface area contributed by atoms with Gasteiger partial charge >= 0.3 is 0 Å². The Kier molecular flexibility index (Phi) is 5.69. The molecule has 0 aromatic heterocycles. The lowest BCUT2D eigenvalue weighted by Gasteiger charge is -2.47. The van der Waals surface area contributed by atoms with Gasteiger partial charge in [0.15, 0.2) is 0 Å². The van der Waals surface area contributed by atoms with Crippen molar-refractivity contribution < 1.29 is 9.47 Å². The molecule has 124 valence electrons. The van der Waals surface area contributed by atoms with E-state index in [9.17, 15) is 0 Å². The predicted octanol–water partition coefficient (Wildman–Crippen LogP) is 2.42. The molecule has 2 aliphatic rings. The van der Waals surface area contributed by atoms with Gasteiger partial charge in [0.05, 0.1) is 23.4 Å². The van der Waals surface area contributed by atoms with Gasteiger partial charge in [-0.05, 0) is 53.5 Å². The summed E-state index contributed by atoms with van der Waals surface area (Å²) in [5, 5.41) is 3.47. The third kappa shape index (κ3) is 5.51. The van der Waals surface area contributed by atoms with Crippen LogP contribution in [0.1, 0.15) is 53.9 Å². The third-order valence-electron chi connectivity index (χ3n) is 4.22. The number of nitrogens with zero attached hydrogens (tertiary/aromatic N) is 1. The molecule has 0 bridgehead atoms. The van der Waals surface area contributed by atoms with Crippen LogP contribution in [0.4, 0.5) is 0 Å². The monoisotopic (exact) mass is 298 g/mol. The Balaban J connectivity index is 1.77. The van der Waals surface area contributed by atoms with Crippen molar-refractivity contribution in [3.8, 4) is 0 Å². The molecular weight excluding hydrogens is 264 g/mol. The average Bonchev–Trinajstić information content (AvgIpc) is 2.72. The molecule has 2 aliphatic heterocycles. The SMILES string of the molecule is CCCNCC1CCC(CN2CC(C)(C)OC(C)(C)C2)O1. The zero-order valence-electron chi connectivity index (χ0n) is 14.6. The van der Waals surface area contributed by atoms with Crippen molar-refractivity contribution in [2.45, 2.75) is 77.3 Å². The molecule has 1 N–H and O–H groups in total. The molecule has 2 atom stereocenters. The molecule has 0 aromatic rings. The summed E-state index contributed by atoms with van der Waals surface area (Å²) in [7, 11) is 0. The van der Waals surface area contributed by atoms with E-state index >= 15 is 0 Å². The minimum Gasteiger partial charge on any atom is -0.372 e. The lowest BCUT2D eigenvalue weighted by Crippen LogP contribution is -2.58. The number of ether oxygens (including phenoxy) is 2. The maximum absolute atomic E-state index is 6.20. The van der Waals surface area contributed by atoms with Crippen molar-refractivity contribution in [3.63, 3.8) is 0 Å². The van der Waals surface area contributed by atoms with Crippen LogP contribution < -0.4 is 5.32 Å². The third-order valence-corrected chi connectivity index (χ3v) is 4.22. The molecule has 4 heteroatoms. The second-order valence-electron chi connectivity index (χ2n) is 7.95. The van der Waals surface area contributed by atoms with Crippen molar-refractivity contribution in [1.29, 1.82) is 0 Å². The van der Waals surface area contributed by atoms with Gasteiger partial charge in [0, 0.05) is 26.2 Å². The number of rotatable bonds is 6. The van der Waals surface area contributed by atoms with Crippen LogP contribution in [0.3, 0.4) is 0 Å². The Bertz CT molecular complexity index is 315. The van der Waals surface area contributed by atoms with E-state index in [-0.39, 0.29) is 11.2 Å². The van der Waals surface area contributed by atoms with E-state index in [0.29, 0.717) is 12.2 Å². The van der Waals surface area contributed by atoms with Gasteiger partial charge in [-0.3, -0.25) is 4.90 Å². The van der Waals surface area contributed by atoms with E-state index in [4.69, 9.17) is 9.47 Å². The first-order valence-electron chi connectivity index (χ1n) is 8.58. The van der Waals surface area contributed by atoms with Gasteiger partial charge in [-0.25, -0.2) is 0 Å². The van der Waals surface area contributed by atoms with Gasteiger partial charge in [-0.2, -0.15) is 0 Å². The molecule has 2 unspecified atom stereocenters. The van der Waals surface area contributed by atoms with Crippen LogP contribution in [0, 0.1) is 0 Å². The first-order chi connectivity index (χ1) is 9.80. The lowest BCUT2D eigenvalue weighted by atomic mass is 9.98. The number of hydrogen-bond acceptors (Lipinski definition) is 4. The van der Waals surface area contributed by atoms with Crippen molar-refractivity contribution >= 4 is 0 Å². The summed E-state index contributed by atoms with van der Waals surface area (Å²) in [5.74, 6) is 0. The van der Waals surface area contributed by atoms with E-state index in [1.54, 1.807) is 0 Å². The Hall–Kier alpha value is -0.160. The van der Waals surface area contributed by atoms with Crippen molar-refractivity contribution in [1.82, 2.24) is 10.2 Å². The molecule has 0 aliphatic carbocycles. The molecule has 2 saturated heterocycles. The van der Waals surface area contributed by atoms with Crippen LogP contribution in [-0.2, 0) is 9.47 Å². The molecule has 0 spiro atoms. The van der Waals surface area contributed by atoms with Gasteiger partial charge in [0.2, 0.25) is 0 Å². The average molecular weight is 298 g/mol. The van der Waals surface area contributed by atoms with E-state index in [1.165, 1.54) is 19.3 Å². The topological polar surface area (TPSA) is 33.7 Å². The maximum atomic E-state index is 6.20. The summed E-state index contributed by atoms with van der Waals surface area (Å²) in [5.41, 5.74) is -0.134. The van der Waals surface area contributed by atoms with Crippen LogP contribution in [-0.4, -0.2) is 61.0 Å². The molecule has 4 nitrogen and oxygen atoms in total. The fourth-order valence-corrected chi connectivity index (χ4v) is 3.87. The first-order valence-corrected chi connectivity index (χ1v) is 8.58. The van der Waals surface area contributed by atoms with E-state index in [0.717, 1.165) is 32.7 Å². The molecule has 21 heavy (non-hydrogen) atoms. The van der Waals surface area contributed by atoms with Crippen molar-refractivity contribution in [3.05, 3.63) is 0 Å². The Labute approximate surface area is 130 Å². The predicted molar refractivity (Wildman–Crippen MR) is 86.7 cm³/mol. The molecule has 0 amide bonds. The van der Waals surface area contributed by atoms with Crippen LogP contribution in [0.15, 0.2) is 0 Å². The molecule has 0 radical (unpaired) electrons. The highest BCUT2D eigenvalue weighted by Crippen LogP contribution is 2.29. The summed E-state index contributed by atoms with van der Waals surface area (Å²) in [4.78, 5) is 2.52. The summed E-state index contributed by atoms with van der Waals surface area (Å²) >= 11 is 0. The van der Waals surface area contributed by atoms with E-state index in [1.807, 2.05) is 0 Å². The second-order valence-corrected chi connectivity index (χ2v) is 7.95. The normalized spacial score (nSPS) is 32.4. The summed E-state index contributed by atoms with van der Waals surface area (Å²) < 4.78 is 12.4. The maximum Gasteiger partial charge on any atom is 0.0760 e.